The Kier molecular flexibility index (Phi) is 2.34. The van der Waals surface area contributed by atoms with E-state index in [0.717, 1.165) is 31.9 Å². The molecule has 0 aliphatic carbocycles. The zero-order chi connectivity index (χ0) is 10.8. The van der Waals surface area contributed by atoms with Crippen LogP contribution in [-0.4, -0.2) is 41.3 Å². The molecule has 6 heteroatoms. The van der Waals surface area contributed by atoms with E-state index >= 15 is 0 Å². The van der Waals surface area contributed by atoms with Gasteiger partial charge in [0.25, 0.3) is 11.8 Å². The number of rotatable bonds is 2. The second kappa shape index (κ2) is 3.97. The number of hydrogen-bond acceptors (Lipinski definition) is 5. The van der Waals surface area contributed by atoms with Crippen molar-refractivity contribution in [2.75, 3.05) is 31.1 Å². The summed E-state index contributed by atoms with van der Waals surface area (Å²) in [5.41, 5.74) is 0.855. The van der Waals surface area contributed by atoms with Gasteiger partial charge in [-0.3, -0.25) is 0 Å². The van der Waals surface area contributed by atoms with Crippen molar-refractivity contribution in [3.8, 4) is 11.6 Å². The van der Waals surface area contributed by atoms with Gasteiger partial charge in [0.15, 0.2) is 0 Å². The Morgan fingerprint density at radius 3 is 2.94 bits per heavy atom. The molecule has 0 amide bonds. The second-order valence-corrected chi connectivity index (χ2v) is 3.72. The minimum absolute atomic E-state index is 0.540. The lowest BCUT2D eigenvalue weighted by molar-refractivity contribution is 0.426. The first kappa shape index (κ1) is 9.41. The monoisotopic (exact) mass is 219 g/mol. The highest BCUT2D eigenvalue weighted by atomic mass is 16.5. The number of piperazine rings is 1. The molecule has 2 aromatic rings. The number of H-pyrrole nitrogens is 1. The highest BCUT2D eigenvalue weighted by Gasteiger charge is 2.17. The van der Waals surface area contributed by atoms with Gasteiger partial charge in [-0.25, -0.2) is 0 Å². The number of nitrogens with zero attached hydrogens (tertiary/aromatic N) is 3. The molecule has 2 aromatic heterocycles. The van der Waals surface area contributed by atoms with Crippen molar-refractivity contribution in [3.63, 3.8) is 0 Å². The van der Waals surface area contributed by atoms with E-state index < -0.39 is 0 Å². The molecule has 0 spiro atoms. The lowest BCUT2D eigenvalue weighted by atomic mass is 10.4. The Morgan fingerprint density at radius 1 is 1.31 bits per heavy atom. The van der Waals surface area contributed by atoms with E-state index in [2.05, 4.69) is 25.3 Å². The molecule has 16 heavy (non-hydrogen) atoms. The molecule has 0 unspecified atom stereocenters. The summed E-state index contributed by atoms with van der Waals surface area (Å²) >= 11 is 0. The molecule has 1 fully saturated rings. The van der Waals surface area contributed by atoms with Gasteiger partial charge >= 0.3 is 0 Å². The van der Waals surface area contributed by atoms with Crippen LogP contribution in [0.5, 0.6) is 0 Å². The maximum atomic E-state index is 5.21. The number of nitrogens with one attached hydrogen (secondary N) is 2. The van der Waals surface area contributed by atoms with E-state index in [1.54, 1.807) is 0 Å². The maximum Gasteiger partial charge on any atom is 0.275 e. The molecular formula is C10H13N5O. The van der Waals surface area contributed by atoms with E-state index in [0.29, 0.717) is 11.8 Å². The molecule has 1 saturated heterocycles. The van der Waals surface area contributed by atoms with Crippen molar-refractivity contribution < 1.29 is 4.52 Å². The van der Waals surface area contributed by atoms with Gasteiger partial charge in [-0.05, 0) is 17.3 Å². The molecule has 0 saturated carbocycles. The maximum absolute atomic E-state index is 5.21. The van der Waals surface area contributed by atoms with Gasteiger partial charge in [0.2, 0.25) is 0 Å². The Morgan fingerprint density at radius 2 is 2.19 bits per heavy atom. The fourth-order valence-electron chi connectivity index (χ4n) is 1.78. The normalized spacial score (nSPS) is 16.6. The van der Waals surface area contributed by atoms with E-state index in [9.17, 15) is 0 Å². The molecule has 84 valence electrons. The summed E-state index contributed by atoms with van der Waals surface area (Å²) in [5, 5.41) is 7.27. The average Bonchev–Trinajstić information content (AvgIpc) is 3.01. The predicted molar refractivity (Wildman–Crippen MR) is 59.2 cm³/mol. The predicted octanol–water partition coefficient (Wildman–Crippen LogP) is 0.474. The fraction of sp³-hybridized carbons (Fsp3) is 0.400. The van der Waals surface area contributed by atoms with E-state index in [1.165, 1.54) is 0 Å². The smallest absolute Gasteiger partial charge is 0.275 e. The lowest BCUT2D eigenvalue weighted by Gasteiger charge is -2.25. The molecule has 3 rings (SSSR count). The quantitative estimate of drug-likeness (QED) is 0.768. The van der Waals surface area contributed by atoms with E-state index in [4.69, 9.17) is 4.52 Å². The summed E-state index contributed by atoms with van der Waals surface area (Å²) in [6.07, 6.45) is 1.84. The highest BCUT2D eigenvalue weighted by molar-refractivity contribution is 5.49. The zero-order valence-corrected chi connectivity index (χ0v) is 8.81. The molecular weight excluding hydrogens is 206 g/mol. The Hall–Kier alpha value is -1.82. The number of aromatic amines is 1. The topological polar surface area (TPSA) is 70.0 Å². The number of anilines is 1. The van der Waals surface area contributed by atoms with Gasteiger partial charge < -0.3 is 19.7 Å². The first-order valence-corrected chi connectivity index (χ1v) is 5.36. The molecule has 1 aliphatic rings. The molecule has 0 aromatic carbocycles. The van der Waals surface area contributed by atoms with E-state index in [-0.39, 0.29) is 0 Å². The SMILES string of the molecule is c1c[nH]c(-c2nc(N3CCNCC3)no2)c1. The summed E-state index contributed by atoms with van der Waals surface area (Å²) in [5.74, 6) is 1.21. The summed E-state index contributed by atoms with van der Waals surface area (Å²) in [6, 6.07) is 3.82. The molecule has 2 N–H and O–H groups in total. The van der Waals surface area contributed by atoms with Crippen LogP contribution in [0.2, 0.25) is 0 Å². The van der Waals surface area contributed by atoms with Gasteiger partial charge in [0.1, 0.15) is 5.69 Å². The van der Waals surface area contributed by atoms with Crippen molar-refractivity contribution in [3.05, 3.63) is 18.3 Å². The third-order valence-electron chi connectivity index (χ3n) is 2.64. The van der Waals surface area contributed by atoms with Crippen molar-refractivity contribution in [2.24, 2.45) is 0 Å². The molecule has 6 nitrogen and oxygen atoms in total. The highest BCUT2D eigenvalue weighted by Crippen LogP contribution is 2.18. The van der Waals surface area contributed by atoms with Crippen LogP contribution in [0.25, 0.3) is 11.6 Å². The van der Waals surface area contributed by atoms with Crippen LogP contribution in [0.15, 0.2) is 22.9 Å². The van der Waals surface area contributed by atoms with Crippen LogP contribution in [0, 0.1) is 0 Å². The Balaban J connectivity index is 1.82. The molecule has 3 heterocycles. The lowest BCUT2D eigenvalue weighted by Crippen LogP contribution is -2.44. The van der Waals surface area contributed by atoms with Gasteiger partial charge in [0, 0.05) is 32.4 Å². The largest absolute Gasteiger partial charge is 0.357 e. The first-order valence-electron chi connectivity index (χ1n) is 5.36. The van der Waals surface area contributed by atoms with Gasteiger partial charge in [-0.1, -0.05) is 0 Å². The van der Waals surface area contributed by atoms with Crippen LogP contribution >= 0.6 is 0 Å². The van der Waals surface area contributed by atoms with Crippen LogP contribution in [0.1, 0.15) is 0 Å². The standard InChI is InChI=1S/C10H13N5O/c1-2-8(12-3-1)9-13-10(14-16-9)15-6-4-11-5-7-15/h1-3,11-12H,4-7H2. The van der Waals surface area contributed by atoms with Crippen LogP contribution in [-0.2, 0) is 0 Å². The van der Waals surface area contributed by atoms with E-state index in [1.807, 2.05) is 18.3 Å². The fourth-order valence-corrected chi connectivity index (χ4v) is 1.78. The third-order valence-corrected chi connectivity index (χ3v) is 2.64. The minimum atomic E-state index is 0.540. The van der Waals surface area contributed by atoms with Crippen molar-refractivity contribution in [2.45, 2.75) is 0 Å². The van der Waals surface area contributed by atoms with Crippen LogP contribution in [0.3, 0.4) is 0 Å². The van der Waals surface area contributed by atoms with Crippen molar-refractivity contribution in [1.29, 1.82) is 0 Å². The number of aromatic nitrogens is 3. The van der Waals surface area contributed by atoms with Gasteiger partial charge in [0.05, 0.1) is 0 Å². The summed E-state index contributed by atoms with van der Waals surface area (Å²) < 4.78 is 5.21. The number of hydrogen-bond donors (Lipinski definition) is 2. The molecule has 1 aliphatic heterocycles. The van der Waals surface area contributed by atoms with Crippen molar-refractivity contribution >= 4 is 5.95 Å². The second-order valence-electron chi connectivity index (χ2n) is 3.72. The average molecular weight is 219 g/mol. The Bertz CT molecular complexity index is 443. The summed E-state index contributed by atoms with van der Waals surface area (Å²) in [4.78, 5) is 9.53. The molecule has 0 radical (unpaired) electrons. The first-order chi connectivity index (χ1) is 7.93. The minimum Gasteiger partial charge on any atom is -0.357 e. The Labute approximate surface area is 92.6 Å². The summed E-state index contributed by atoms with van der Waals surface area (Å²) in [7, 11) is 0. The summed E-state index contributed by atoms with van der Waals surface area (Å²) in [6.45, 7) is 3.77. The van der Waals surface area contributed by atoms with Crippen LogP contribution in [0.4, 0.5) is 5.95 Å². The third kappa shape index (κ3) is 1.67. The van der Waals surface area contributed by atoms with Gasteiger partial charge in [-0.15, -0.1) is 0 Å². The van der Waals surface area contributed by atoms with Crippen LogP contribution < -0.4 is 10.2 Å². The van der Waals surface area contributed by atoms with Gasteiger partial charge in [-0.2, -0.15) is 4.98 Å². The van der Waals surface area contributed by atoms with Crippen molar-refractivity contribution in [1.82, 2.24) is 20.4 Å². The zero-order valence-electron chi connectivity index (χ0n) is 8.81. The molecule has 0 atom stereocenters. The molecule has 0 bridgehead atoms.